The van der Waals surface area contributed by atoms with Crippen molar-refractivity contribution >= 4 is 78.2 Å². The van der Waals surface area contributed by atoms with Crippen molar-refractivity contribution in [2.45, 2.75) is 44.0 Å². The van der Waals surface area contributed by atoms with E-state index in [0.717, 1.165) is 43.1 Å². The van der Waals surface area contributed by atoms with Crippen LogP contribution in [-0.4, -0.2) is 39.8 Å². The number of anilines is 1. The van der Waals surface area contributed by atoms with Gasteiger partial charge in [-0.05, 0) is 66.6 Å². The van der Waals surface area contributed by atoms with Crippen LogP contribution in [0.3, 0.4) is 0 Å². The number of hydrogen-bond donors (Lipinski definition) is 0. The average Bonchev–Trinajstić information content (AvgIpc) is 3.47. The number of oxazole rings is 1. The molecule has 13 heteroatoms. The molecule has 8 nitrogen and oxygen atoms in total. The van der Waals surface area contributed by atoms with Crippen molar-refractivity contribution in [3.63, 3.8) is 0 Å². The number of aromatic nitrogens is 1. The summed E-state index contributed by atoms with van der Waals surface area (Å²) in [7, 11) is -4.26. The Morgan fingerprint density at radius 1 is 1.14 bits per heavy atom. The summed E-state index contributed by atoms with van der Waals surface area (Å²) in [6.07, 6.45) is 6.02. The zero-order valence-electron chi connectivity index (χ0n) is 24.0. The van der Waals surface area contributed by atoms with E-state index in [0.29, 0.717) is 43.3 Å². The van der Waals surface area contributed by atoms with Crippen molar-refractivity contribution in [3.8, 4) is 0 Å². The summed E-state index contributed by atoms with van der Waals surface area (Å²) >= 11 is 5.78. The van der Waals surface area contributed by atoms with E-state index in [4.69, 9.17) is 16.0 Å². The molecule has 5 rings (SSSR count). The molecular weight excluding hydrogens is 639 g/mol. The molecule has 2 heterocycles. The zero-order valence-corrected chi connectivity index (χ0v) is 29.2. The third kappa shape index (κ3) is 8.53. The minimum atomic E-state index is -4.26. The van der Waals surface area contributed by atoms with Crippen molar-refractivity contribution in [2.75, 3.05) is 23.0 Å². The summed E-state index contributed by atoms with van der Waals surface area (Å²) in [5, 5.41) is 3.66. The molecule has 1 unspecified atom stereocenters. The van der Waals surface area contributed by atoms with Crippen LogP contribution in [-0.2, 0) is 27.7 Å². The first-order valence-corrected chi connectivity index (χ1v) is 17.7. The van der Waals surface area contributed by atoms with Crippen molar-refractivity contribution in [3.05, 3.63) is 82.2 Å². The standard InChI is InChI=1S/C30H31ClN2O6S3.Na/c1-2-21(19-29-32(14-5-6-17-42(36,37)38)25-20-23(31)11-13-27(25)40-29)18-28-33(15-7-16-41(34)35)30-24-9-4-3-8-22(24)10-12-26(30)39-28;/h3-4,8-13,18-20H,2,5-7,14-17H2,1H3,(H-,34,35,36,37,38);/q;+1/p-1. The topological polar surface area (TPSA) is 118 Å². The Morgan fingerprint density at radius 2 is 1.93 bits per heavy atom. The third-order valence-corrected chi connectivity index (χ3v) is 9.81. The number of thioether (sulfide) groups is 1. The van der Waals surface area contributed by atoms with Gasteiger partial charge in [0.2, 0.25) is 5.58 Å². The van der Waals surface area contributed by atoms with E-state index in [1.165, 1.54) is 0 Å². The maximum atomic E-state index is 11.3. The molecule has 1 atom stereocenters. The van der Waals surface area contributed by atoms with E-state index in [1.54, 1.807) is 11.8 Å². The molecule has 0 amide bonds. The summed E-state index contributed by atoms with van der Waals surface area (Å²) in [6, 6.07) is 17.7. The van der Waals surface area contributed by atoms with Gasteiger partial charge in [0.25, 0.3) is 5.52 Å². The Labute approximate surface area is 285 Å². The Bertz CT molecular complexity index is 1820. The normalized spacial score (nSPS) is 15.3. The first-order valence-electron chi connectivity index (χ1n) is 13.6. The largest absolute Gasteiger partial charge is 1.00 e. The van der Waals surface area contributed by atoms with Crippen LogP contribution in [0.5, 0.6) is 0 Å². The zero-order chi connectivity index (χ0) is 29.9. The maximum absolute atomic E-state index is 11.3. The predicted molar refractivity (Wildman–Crippen MR) is 167 cm³/mol. The smallest absolute Gasteiger partial charge is 0.772 e. The van der Waals surface area contributed by atoms with Crippen LogP contribution < -0.4 is 39.0 Å². The molecule has 0 radical (unpaired) electrons. The van der Waals surface area contributed by atoms with Gasteiger partial charge in [-0.15, -0.1) is 0 Å². The van der Waals surface area contributed by atoms with E-state index >= 15 is 0 Å². The summed E-state index contributed by atoms with van der Waals surface area (Å²) in [4.78, 5) is 3.14. The number of benzene rings is 3. The Morgan fingerprint density at radius 3 is 2.67 bits per heavy atom. The number of rotatable bonds is 12. The molecule has 1 aliphatic rings. The Hall–Kier alpha value is -1.67. The van der Waals surface area contributed by atoms with Crippen LogP contribution in [0, 0.1) is 0 Å². The number of aryl methyl sites for hydroxylation is 1. The van der Waals surface area contributed by atoms with E-state index in [-0.39, 0.29) is 41.7 Å². The fraction of sp³-hybridized carbons (Fsp3) is 0.300. The van der Waals surface area contributed by atoms with Gasteiger partial charge in [-0.3, -0.25) is 4.21 Å². The van der Waals surface area contributed by atoms with E-state index in [2.05, 4.69) is 22.5 Å². The molecule has 0 spiro atoms. The Kier molecular flexibility index (Phi) is 12.0. The molecule has 0 saturated heterocycles. The molecule has 43 heavy (non-hydrogen) atoms. The molecule has 0 fully saturated rings. The van der Waals surface area contributed by atoms with Crippen LogP contribution in [0.2, 0.25) is 5.02 Å². The molecular formula is C30H30ClN2NaO6S3. The fourth-order valence-electron chi connectivity index (χ4n) is 5.07. The van der Waals surface area contributed by atoms with E-state index in [9.17, 15) is 21.7 Å². The third-order valence-electron chi connectivity index (χ3n) is 7.05. The summed E-state index contributed by atoms with van der Waals surface area (Å²) in [6.45, 7) is 3.06. The van der Waals surface area contributed by atoms with E-state index in [1.807, 2.05) is 60.7 Å². The van der Waals surface area contributed by atoms with Crippen LogP contribution in [0.15, 0.2) is 80.6 Å². The molecule has 1 aromatic heterocycles. The molecule has 0 bridgehead atoms. The Balaban J connectivity index is 0.00000423. The molecule has 3 aromatic carbocycles. The average molecular weight is 669 g/mol. The van der Waals surface area contributed by atoms with Gasteiger partial charge in [-0.25, -0.2) is 8.42 Å². The minimum Gasteiger partial charge on any atom is -0.772 e. The van der Waals surface area contributed by atoms with Gasteiger partial charge >= 0.3 is 35.4 Å². The van der Waals surface area contributed by atoms with Gasteiger partial charge in [-0.1, -0.05) is 65.6 Å². The first kappa shape index (κ1) is 34.2. The minimum absolute atomic E-state index is 0. The first-order chi connectivity index (χ1) is 20.1. The molecule has 0 N–H and O–H groups in total. The second-order valence-corrected chi connectivity index (χ2v) is 14.0. The van der Waals surface area contributed by atoms with Crippen LogP contribution >= 0.6 is 23.4 Å². The maximum Gasteiger partial charge on any atom is 1.00 e. The molecule has 222 valence electrons. The monoisotopic (exact) mass is 668 g/mol. The quantitative estimate of drug-likeness (QED) is 0.0742. The molecule has 0 saturated carbocycles. The molecule has 1 aliphatic heterocycles. The van der Waals surface area contributed by atoms with E-state index < -0.39 is 27.0 Å². The second-order valence-electron chi connectivity index (χ2n) is 9.98. The van der Waals surface area contributed by atoms with Crippen LogP contribution in [0.25, 0.3) is 27.9 Å². The van der Waals surface area contributed by atoms with Crippen LogP contribution in [0.1, 0.15) is 38.5 Å². The van der Waals surface area contributed by atoms with Crippen molar-refractivity contribution in [1.29, 1.82) is 0 Å². The number of halogens is 1. The summed E-state index contributed by atoms with van der Waals surface area (Å²) in [5.74, 6) is 0.289. The number of allylic oxidation sites excluding steroid dienone is 2. The van der Waals surface area contributed by atoms with Gasteiger partial charge in [0.15, 0.2) is 6.54 Å². The number of hydrogen-bond acceptors (Lipinski definition) is 8. The molecule has 4 aromatic rings. The van der Waals surface area contributed by atoms with Gasteiger partial charge in [-0.2, -0.15) is 4.57 Å². The number of fused-ring (bicyclic) bond motifs is 4. The van der Waals surface area contributed by atoms with Gasteiger partial charge in [0.1, 0.15) is 0 Å². The van der Waals surface area contributed by atoms with Gasteiger partial charge in [0.05, 0.1) is 32.3 Å². The van der Waals surface area contributed by atoms with Crippen molar-refractivity contribution in [2.24, 2.45) is 0 Å². The predicted octanol–water partition coefficient (Wildman–Crippen LogP) is 3.37. The number of nitrogens with zero attached hydrogens (tertiary/aromatic N) is 2. The van der Waals surface area contributed by atoms with Crippen molar-refractivity contribution < 1.29 is 60.3 Å². The van der Waals surface area contributed by atoms with Gasteiger partial charge in [0, 0.05) is 34.4 Å². The SMILES string of the molecule is CCC(=Cc1oc2ccc3ccccc3c2[n+]1CCCS(=O)[O-])C=C1Sc2ccc(Cl)cc2N1CCCCS(=O)(=O)[O-].[Na+]. The molecule has 0 aliphatic carbocycles. The van der Waals surface area contributed by atoms with Crippen molar-refractivity contribution in [1.82, 2.24) is 0 Å². The second kappa shape index (κ2) is 15.1. The van der Waals surface area contributed by atoms with Gasteiger partial charge < -0.3 is 18.4 Å². The number of unbranched alkanes of at least 4 members (excludes halogenated alkanes) is 1. The van der Waals surface area contributed by atoms with Crippen LogP contribution in [0.4, 0.5) is 5.69 Å². The summed E-state index contributed by atoms with van der Waals surface area (Å²) in [5.41, 5.74) is 3.58. The summed E-state index contributed by atoms with van der Waals surface area (Å²) < 4.78 is 64.3. The fourth-order valence-corrected chi connectivity index (χ4v) is 7.30.